The number of aromatic nitrogens is 3. The molecule has 25 heavy (non-hydrogen) atoms. The number of amides is 1. The van der Waals surface area contributed by atoms with Gasteiger partial charge in [-0.1, -0.05) is 36.8 Å². The van der Waals surface area contributed by atoms with Crippen molar-refractivity contribution in [2.75, 3.05) is 13.1 Å². The molecule has 0 spiro atoms. The monoisotopic (exact) mass is 340 g/mol. The summed E-state index contributed by atoms with van der Waals surface area (Å²) >= 11 is 0. The lowest BCUT2D eigenvalue weighted by Crippen LogP contribution is -2.52. The van der Waals surface area contributed by atoms with E-state index in [0.29, 0.717) is 37.7 Å². The summed E-state index contributed by atoms with van der Waals surface area (Å²) in [5, 5.41) is 15.1. The average Bonchev–Trinajstić information content (AvgIpc) is 3.03. The van der Waals surface area contributed by atoms with Gasteiger partial charge in [0.1, 0.15) is 12.9 Å². The van der Waals surface area contributed by atoms with Gasteiger partial charge in [0.05, 0.1) is 5.60 Å². The minimum absolute atomic E-state index is 0.0418. The van der Waals surface area contributed by atoms with Crippen molar-refractivity contribution in [3.8, 4) is 11.4 Å². The summed E-state index contributed by atoms with van der Waals surface area (Å²) in [5.41, 5.74) is 0.389. The zero-order chi connectivity index (χ0) is 17.3. The number of aliphatic hydroxyl groups is 1. The van der Waals surface area contributed by atoms with Crippen LogP contribution in [0.4, 0.5) is 0 Å². The molecule has 1 amide bonds. The lowest BCUT2D eigenvalue weighted by Gasteiger charge is -2.46. The van der Waals surface area contributed by atoms with Crippen LogP contribution in [0.2, 0.25) is 0 Å². The molecule has 0 unspecified atom stereocenters. The highest BCUT2D eigenvalue weighted by Crippen LogP contribution is 2.41. The summed E-state index contributed by atoms with van der Waals surface area (Å²) < 4.78 is 1.59. The summed E-state index contributed by atoms with van der Waals surface area (Å²) in [6.45, 7) is 1.46. The van der Waals surface area contributed by atoms with Crippen LogP contribution in [0.5, 0.6) is 0 Å². The number of hydrogen-bond donors (Lipinski definition) is 1. The van der Waals surface area contributed by atoms with Crippen LogP contribution in [-0.2, 0) is 11.3 Å². The molecule has 1 saturated heterocycles. The molecule has 2 aromatic rings. The predicted octanol–water partition coefficient (Wildman–Crippen LogP) is 2.10. The smallest absolute Gasteiger partial charge is 0.244 e. The first-order valence-corrected chi connectivity index (χ1v) is 9.09. The topological polar surface area (TPSA) is 71.2 Å². The Hall–Kier alpha value is -2.21. The van der Waals surface area contributed by atoms with E-state index in [1.165, 1.54) is 6.42 Å². The number of hydrogen-bond acceptors (Lipinski definition) is 4. The van der Waals surface area contributed by atoms with Crippen molar-refractivity contribution in [3.63, 3.8) is 0 Å². The number of piperidine rings is 1. The second-order valence-corrected chi connectivity index (χ2v) is 7.24. The molecule has 6 heteroatoms. The van der Waals surface area contributed by atoms with Gasteiger partial charge in [0.2, 0.25) is 5.91 Å². The van der Waals surface area contributed by atoms with E-state index in [1.54, 1.807) is 11.0 Å². The minimum Gasteiger partial charge on any atom is -0.389 e. The van der Waals surface area contributed by atoms with Gasteiger partial charge in [-0.05, 0) is 31.6 Å². The van der Waals surface area contributed by atoms with Crippen molar-refractivity contribution >= 4 is 5.91 Å². The molecule has 6 nitrogen and oxygen atoms in total. The van der Waals surface area contributed by atoms with Crippen LogP contribution < -0.4 is 0 Å². The quantitative estimate of drug-likeness (QED) is 0.925. The Morgan fingerprint density at radius 2 is 1.92 bits per heavy atom. The van der Waals surface area contributed by atoms with Gasteiger partial charge in [0.25, 0.3) is 0 Å². The Labute approximate surface area is 147 Å². The van der Waals surface area contributed by atoms with Gasteiger partial charge < -0.3 is 10.0 Å². The number of rotatable bonds is 4. The van der Waals surface area contributed by atoms with Crippen molar-refractivity contribution < 1.29 is 9.90 Å². The van der Waals surface area contributed by atoms with Crippen LogP contribution in [0.3, 0.4) is 0 Å². The van der Waals surface area contributed by atoms with Crippen molar-refractivity contribution in [2.45, 2.75) is 44.2 Å². The number of carbonyl (C=O) groups excluding carboxylic acids is 1. The van der Waals surface area contributed by atoms with Crippen molar-refractivity contribution in [2.24, 2.45) is 5.92 Å². The number of carbonyl (C=O) groups is 1. The molecule has 1 aliphatic heterocycles. The van der Waals surface area contributed by atoms with E-state index >= 15 is 0 Å². The molecule has 1 aromatic carbocycles. The Bertz CT molecular complexity index is 731. The van der Waals surface area contributed by atoms with E-state index in [2.05, 4.69) is 10.1 Å². The van der Waals surface area contributed by atoms with Gasteiger partial charge in [0, 0.05) is 18.7 Å². The van der Waals surface area contributed by atoms with Crippen LogP contribution in [0.25, 0.3) is 11.4 Å². The Balaban J connectivity index is 1.34. The Morgan fingerprint density at radius 1 is 1.20 bits per heavy atom. The maximum Gasteiger partial charge on any atom is 0.244 e. The molecule has 2 heterocycles. The van der Waals surface area contributed by atoms with Gasteiger partial charge >= 0.3 is 0 Å². The lowest BCUT2D eigenvalue weighted by molar-refractivity contribution is -0.140. The first-order valence-electron chi connectivity index (χ1n) is 9.09. The van der Waals surface area contributed by atoms with Crippen LogP contribution in [0.15, 0.2) is 36.7 Å². The third-order valence-corrected chi connectivity index (χ3v) is 5.71. The van der Waals surface area contributed by atoms with E-state index in [9.17, 15) is 9.90 Å². The molecule has 1 saturated carbocycles. The van der Waals surface area contributed by atoms with E-state index < -0.39 is 5.60 Å². The summed E-state index contributed by atoms with van der Waals surface area (Å²) in [7, 11) is 0. The lowest BCUT2D eigenvalue weighted by atomic mass is 9.69. The molecule has 2 aliphatic rings. The molecule has 1 aromatic heterocycles. The first kappa shape index (κ1) is 16.3. The average molecular weight is 340 g/mol. The summed E-state index contributed by atoms with van der Waals surface area (Å²) in [5.74, 6) is 1.11. The van der Waals surface area contributed by atoms with Gasteiger partial charge in [-0.15, -0.1) is 0 Å². The van der Waals surface area contributed by atoms with Gasteiger partial charge in [0.15, 0.2) is 5.82 Å². The molecule has 4 rings (SSSR count). The second kappa shape index (κ2) is 6.59. The summed E-state index contributed by atoms with van der Waals surface area (Å²) in [6, 6.07) is 9.74. The normalized spacial score (nSPS) is 20.3. The Kier molecular flexibility index (Phi) is 4.29. The van der Waals surface area contributed by atoms with E-state index in [-0.39, 0.29) is 12.5 Å². The molecule has 0 atom stereocenters. The maximum absolute atomic E-state index is 12.5. The van der Waals surface area contributed by atoms with Crippen LogP contribution >= 0.6 is 0 Å². The van der Waals surface area contributed by atoms with Crippen molar-refractivity contribution in [3.05, 3.63) is 36.7 Å². The molecular formula is C19H24N4O2. The highest BCUT2D eigenvalue weighted by atomic mass is 16.3. The standard InChI is InChI=1S/C19H24N4O2/c24-17(22-11-9-19(25,10-12-22)16-7-4-8-16)13-23-14-20-18(21-23)15-5-2-1-3-6-15/h1-3,5-6,14,16,25H,4,7-13H2. The molecule has 1 aliphatic carbocycles. The van der Waals surface area contributed by atoms with Crippen molar-refractivity contribution in [1.82, 2.24) is 19.7 Å². The van der Waals surface area contributed by atoms with Crippen LogP contribution in [-0.4, -0.2) is 49.4 Å². The summed E-state index contributed by atoms with van der Waals surface area (Å²) in [4.78, 5) is 18.7. The predicted molar refractivity (Wildman–Crippen MR) is 93.6 cm³/mol. The molecule has 0 bridgehead atoms. The molecule has 2 fully saturated rings. The molecule has 132 valence electrons. The van der Waals surface area contributed by atoms with Gasteiger partial charge in [-0.25, -0.2) is 9.67 Å². The highest BCUT2D eigenvalue weighted by molar-refractivity contribution is 5.76. The third-order valence-electron chi connectivity index (χ3n) is 5.71. The molecule has 0 radical (unpaired) electrons. The zero-order valence-electron chi connectivity index (χ0n) is 14.3. The maximum atomic E-state index is 12.5. The molecule has 1 N–H and O–H groups in total. The first-order chi connectivity index (χ1) is 12.1. The van der Waals surface area contributed by atoms with Gasteiger partial charge in [-0.2, -0.15) is 5.10 Å². The van der Waals surface area contributed by atoms with E-state index in [4.69, 9.17) is 0 Å². The summed E-state index contributed by atoms with van der Waals surface area (Å²) in [6.07, 6.45) is 6.48. The van der Waals surface area contributed by atoms with Gasteiger partial charge in [-0.3, -0.25) is 4.79 Å². The SMILES string of the molecule is O=C(Cn1cnc(-c2ccccc2)n1)N1CCC(O)(C2CCC2)CC1. The zero-order valence-corrected chi connectivity index (χ0v) is 14.3. The highest BCUT2D eigenvalue weighted by Gasteiger charge is 2.42. The third kappa shape index (κ3) is 3.31. The largest absolute Gasteiger partial charge is 0.389 e. The fourth-order valence-corrected chi connectivity index (χ4v) is 3.83. The molecular weight excluding hydrogens is 316 g/mol. The number of benzene rings is 1. The Morgan fingerprint density at radius 3 is 2.56 bits per heavy atom. The van der Waals surface area contributed by atoms with Crippen molar-refractivity contribution in [1.29, 1.82) is 0 Å². The number of nitrogens with zero attached hydrogens (tertiary/aromatic N) is 4. The van der Waals surface area contributed by atoms with E-state index in [1.807, 2.05) is 35.2 Å². The van der Waals surface area contributed by atoms with E-state index in [0.717, 1.165) is 18.4 Å². The number of likely N-dealkylation sites (tertiary alicyclic amines) is 1. The van der Waals surface area contributed by atoms with Crippen LogP contribution in [0, 0.1) is 5.92 Å². The fourth-order valence-electron chi connectivity index (χ4n) is 3.83. The fraction of sp³-hybridized carbons (Fsp3) is 0.526. The minimum atomic E-state index is -0.553. The van der Waals surface area contributed by atoms with Crippen LogP contribution in [0.1, 0.15) is 32.1 Å². The second-order valence-electron chi connectivity index (χ2n) is 7.24.